The fourth-order valence-corrected chi connectivity index (χ4v) is 2.67. The van der Waals surface area contributed by atoms with Gasteiger partial charge in [-0.1, -0.05) is 0 Å². The molecule has 4 aromatic heterocycles. The maximum Gasteiger partial charge on any atom is 0.413 e. The minimum absolute atomic E-state index is 0.315. The number of nitrogens with one attached hydrogen (secondary N) is 3. The summed E-state index contributed by atoms with van der Waals surface area (Å²) < 4.78 is 5.40. The molecule has 26 heavy (non-hydrogen) atoms. The Kier molecular flexibility index (Phi) is 3.61. The van der Waals surface area contributed by atoms with Crippen LogP contribution in [0.1, 0.15) is 20.8 Å². The van der Waals surface area contributed by atoms with Crippen LogP contribution in [0.5, 0.6) is 5.75 Å². The Morgan fingerprint density at radius 2 is 2.04 bits per heavy atom. The van der Waals surface area contributed by atoms with Gasteiger partial charge >= 0.3 is 6.09 Å². The quantitative estimate of drug-likeness (QED) is 0.513. The van der Waals surface area contributed by atoms with Crippen molar-refractivity contribution in [3.05, 3.63) is 36.9 Å². The largest absolute Gasteiger partial charge is 0.413 e. The van der Waals surface area contributed by atoms with E-state index in [0.29, 0.717) is 28.3 Å². The lowest BCUT2D eigenvalue weighted by molar-refractivity contribution is 0.191. The van der Waals surface area contributed by atoms with Crippen molar-refractivity contribution in [2.75, 3.05) is 0 Å². The van der Waals surface area contributed by atoms with Crippen molar-refractivity contribution in [2.24, 2.45) is 0 Å². The number of rotatable bonds is 2. The molecule has 0 bridgehead atoms. The van der Waals surface area contributed by atoms with Gasteiger partial charge in [0.25, 0.3) is 0 Å². The highest BCUT2D eigenvalue weighted by Gasteiger charge is 2.18. The molecule has 8 nitrogen and oxygen atoms in total. The van der Waals surface area contributed by atoms with Crippen molar-refractivity contribution >= 4 is 28.2 Å². The van der Waals surface area contributed by atoms with E-state index in [2.05, 4.69) is 30.2 Å². The van der Waals surface area contributed by atoms with Crippen LogP contribution in [0.25, 0.3) is 33.5 Å². The van der Waals surface area contributed by atoms with Gasteiger partial charge in [-0.2, -0.15) is 0 Å². The summed E-state index contributed by atoms with van der Waals surface area (Å²) >= 11 is 0. The second kappa shape index (κ2) is 5.83. The number of fused-ring (bicyclic) bond motifs is 2. The highest BCUT2D eigenvalue weighted by Crippen LogP contribution is 2.28. The fourth-order valence-electron chi connectivity index (χ4n) is 2.67. The van der Waals surface area contributed by atoms with Crippen LogP contribution < -0.4 is 10.1 Å². The molecule has 0 saturated heterocycles. The van der Waals surface area contributed by atoms with Gasteiger partial charge in [-0.25, -0.2) is 14.8 Å². The first kappa shape index (κ1) is 16.1. The van der Waals surface area contributed by atoms with Crippen LogP contribution in [0, 0.1) is 0 Å². The zero-order valence-electron chi connectivity index (χ0n) is 14.6. The molecule has 0 aliphatic rings. The molecule has 0 atom stereocenters. The van der Waals surface area contributed by atoms with E-state index in [0.717, 1.165) is 10.9 Å². The van der Waals surface area contributed by atoms with Crippen molar-refractivity contribution in [1.82, 2.24) is 30.2 Å². The molecular formula is C18H18N6O2. The third-order valence-electron chi connectivity index (χ3n) is 3.74. The standard InChI is InChI=1S/C18H18N6O2/c1-18(2,3)24-17(25)26-12-9-22-16-15(12)23-11(8-21-16)14-13-10(4-6-19-13)5-7-20-14/h4-9,19H,1-3H3,(H,21,22)(H,24,25). The number of carbonyl (C=O) groups excluding carboxylic acids is 1. The van der Waals surface area contributed by atoms with Gasteiger partial charge in [-0.3, -0.25) is 4.98 Å². The van der Waals surface area contributed by atoms with E-state index in [9.17, 15) is 4.79 Å². The number of ether oxygens (including phenoxy) is 1. The lowest BCUT2D eigenvalue weighted by Gasteiger charge is -2.19. The van der Waals surface area contributed by atoms with Crippen molar-refractivity contribution < 1.29 is 9.53 Å². The first-order valence-electron chi connectivity index (χ1n) is 8.17. The van der Waals surface area contributed by atoms with Gasteiger partial charge in [0, 0.05) is 29.5 Å². The Morgan fingerprint density at radius 3 is 2.85 bits per heavy atom. The molecule has 0 unspecified atom stereocenters. The Morgan fingerprint density at radius 1 is 1.19 bits per heavy atom. The number of amides is 1. The summed E-state index contributed by atoms with van der Waals surface area (Å²) in [6.07, 6.45) is 6.24. The van der Waals surface area contributed by atoms with E-state index in [1.807, 2.05) is 39.1 Å². The number of H-pyrrole nitrogens is 2. The lowest BCUT2D eigenvalue weighted by Crippen LogP contribution is -2.42. The maximum atomic E-state index is 12.1. The van der Waals surface area contributed by atoms with Gasteiger partial charge in [0.1, 0.15) is 11.4 Å². The molecule has 8 heteroatoms. The van der Waals surface area contributed by atoms with E-state index < -0.39 is 11.6 Å². The van der Waals surface area contributed by atoms with Gasteiger partial charge < -0.3 is 20.0 Å². The summed E-state index contributed by atoms with van der Waals surface area (Å²) in [6, 6.07) is 3.89. The van der Waals surface area contributed by atoms with E-state index in [1.54, 1.807) is 18.6 Å². The number of aromatic amines is 2. The van der Waals surface area contributed by atoms with Crippen LogP contribution in [-0.2, 0) is 0 Å². The summed E-state index contributed by atoms with van der Waals surface area (Å²) in [4.78, 5) is 31.6. The summed E-state index contributed by atoms with van der Waals surface area (Å²) in [7, 11) is 0. The smallest absolute Gasteiger partial charge is 0.406 e. The van der Waals surface area contributed by atoms with Gasteiger partial charge in [0.15, 0.2) is 16.9 Å². The number of carbonyl (C=O) groups is 1. The minimum Gasteiger partial charge on any atom is -0.406 e. The Labute approximate surface area is 149 Å². The molecule has 0 aromatic carbocycles. The van der Waals surface area contributed by atoms with Crippen molar-refractivity contribution in [3.8, 4) is 17.1 Å². The molecule has 0 aliphatic carbocycles. The summed E-state index contributed by atoms with van der Waals surface area (Å²) in [5.74, 6) is 0.315. The lowest BCUT2D eigenvalue weighted by atomic mass is 10.1. The summed E-state index contributed by atoms with van der Waals surface area (Å²) in [6.45, 7) is 5.64. The molecule has 0 spiro atoms. The SMILES string of the molecule is CC(C)(C)NC(=O)Oc1c[nH]c2ncc(-c3nccc4cc[nH]c34)nc12. The number of pyridine rings is 1. The van der Waals surface area contributed by atoms with Crippen LogP contribution >= 0.6 is 0 Å². The first-order valence-corrected chi connectivity index (χ1v) is 8.17. The summed E-state index contributed by atoms with van der Waals surface area (Å²) in [5, 5.41) is 3.78. The molecular weight excluding hydrogens is 332 g/mol. The molecule has 0 fully saturated rings. The normalized spacial score (nSPS) is 11.8. The monoisotopic (exact) mass is 350 g/mol. The third kappa shape index (κ3) is 2.97. The van der Waals surface area contributed by atoms with Crippen molar-refractivity contribution in [3.63, 3.8) is 0 Å². The van der Waals surface area contributed by atoms with Crippen LogP contribution in [0.3, 0.4) is 0 Å². The highest BCUT2D eigenvalue weighted by atomic mass is 16.6. The molecule has 1 amide bonds. The second-order valence-electron chi connectivity index (χ2n) is 6.97. The zero-order valence-corrected chi connectivity index (χ0v) is 14.6. The Hall–Kier alpha value is -3.42. The first-order chi connectivity index (χ1) is 12.4. The predicted octanol–water partition coefficient (Wildman–Crippen LogP) is 3.39. The predicted molar refractivity (Wildman–Crippen MR) is 97.9 cm³/mol. The van der Waals surface area contributed by atoms with Crippen LogP contribution in [0.4, 0.5) is 4.79 Å². The van der Waals surface area contributed by atoms with Gasteiger partial charge in [0.05, 0.1) is 11.7 Å². The average molecular weight is 350 g/mol. The number of nitrogens with zero attached hydrogens (tertiary/aromatic N) is 3. The van der Waals surface area contributed by atoms with Gasteiger partial charge in [0.2, 0.25) is 0 Å². The summed E-state index contributed by atoms with van der Waals surface area (Å²) in [5.41, 5.74) is 2.76. The molecule has 132 valence electrons. The van der Waals surface area contributed by atoms with Crippen molar-refractivity contribution in [2.45, 2.75) is 26.3 Å². The molecule has 3 N–H and O–H groups in total. The molecule has 4 rings (SSSR count). The molecule has 0 aliphatic heterocycles. The molecule has 4 aromatic rings. The molecule has 0 saturated carbocycles. The number of hydrogen-bond donors (Lipinski definition) is 3. The second-order valence-corrected chi connectivity index (χ2v) is 6.97. The van der Waals surface area contributed by atoms with E-state index in [-0.39, 0.29) is 0 Å². The number of hydrogen-bond acceptors (Lipinski definition) is 5. The fraction of sp³-hybridized carbons (Fsp3) is 0.222. The Bertz CT molecular complexity index is 1110. The molecule has 0 radical (unpaired) electrons. The van der Waals surface area contributed by atoms with Gasteiger partial charge in [-0.05, 0) is 32.9 Å². The average Bonchev–Trinajstić information content (AvgIpc) is 3.19. The van der Waals surface area contributed by atoms with E-state index in [4.69, 9.17) is 4.74 Å². The van der Waals surface area contributed by atoms with Crippen LogP contribution in [0.15, 0.2) is 36.9 Å². The minimum atomic E-state index is -0.546. The van der Waals surface area contributed by atoms with Gasteiger partial charge in [-0.15, -0.1) is 0 Å². The van der Waals surface area contributed by atoms with E-state index in [1.165, 1.54) is 0 Å². The van der Waals surface area contributed by atoms with Crippen molar-refractivity contribution in [1.29, 1.82) is 0 Å². The topological polar surface area (TPSA) is 109 Å². The number of aromatic nitrogens is 5. The zero-order chi connectivity index (χ0) is 18.3. The van der Waals surface area contributed by atoms with Crippen LogP contribution in [-0.4, -0.2) is 36.6 Å². The van der Waals surface area contributed by atoms with E-state index >= 15 is 0 Å². The highest BCUT2D eigenvalue weighted by molar-refractivity contribution is 5.92. The molecule has 4 heterocycles. The Balaban J connectivity index is 1.73. The van der Waals surface area contributed by atoms with Crippen LogP contribution in [0.2, 0.25) is 0 Å². The third-order valence-corrected chi connectivity index (χ3v) is 3.74. The maximum absolute atomic E-state index is 12.1.